The molecule has 0 spiro atoms. The van der Waals surface area contributed by atoms with E-state index in [4.69, 9.17) is 0 Å². The standard InChI is InChI=1S/C12H25NO3S/c1-5-7-13-12(4,11(15)16)6-8-17-10(3)9(2)14/h9-10,13-14H,5-8H2,1-4H3,(H,15,16). The Kier molecular flexibility index (Phi) is 7.83. The van der Waals surface area contributed by atoms with Gasteiger partial charge in [0.1, 0.15) is 5.54 Å². The zero-order valence-corrected chi connectivity index (χ0v) is 12.0. The highest BCUT2D eigenvalue weighted by Crippen LogP contribution is 2.20. The van der Waals surface area contributed by atoms with Gasteiger partial charge in [-0.25, -0.2) is 0 Å². The molecular weight excluding hydrogens is 238 g/mol. The van der Waals surface area contributed by atoms with Crippen molar-refractivity contribution < 1.29 is 15.0 Å². The van der Waals surface area contributed by atoms with Gasteiger partial charge in [-0.2, -0.15) is 11.8 Å². The van der Waals surface area contributed by atoms with Crippen LogP contribution in [0.2, 0.25) is 0 Å². The lowest BCUT2D eigenvalue weighted by Crippen LogP contribution is -2.50. The summed E-state index contributed by atoms with van der Waals surface area (Å²) >= 11 is 1.61. The van der Waals surface area contributed by atoms with Crippen molar-refractivity contribution in [1.82, 2.24) is 5.32 Å². The van der Waals surface area contributed by atoms with Gasteiger partial charge in [0, 0.05) is 5.25 Å². The van der Waals surface area contributed by atoms with Crippen LogP contribution in [-0.2, 0) is 4.79 Å². The van der Waals surface area contributed by atoms with Gasteiger partial charge in [-0.1, -0.05) is 13.8 Å². The van der Waals surface area contributed by atoms with Gasteiger partial charge < -0.3 is 15.5 Å². The normalized spacial score (nSPS) is 18.4. The summed E-state index contributed by atoms with van der Waals surface area (Å²) < 4.78 is 0. The van der Waals surface area contributed by atoms with Crippen LogP contribution in [0.15, 0.2) is 0 Å². The Morgan fingerprint density at radius 3 is 2.47 bits per heavy atom. The third kappa shape index (κ3) is 6.29. The molecule has 4 nitrogen and oxygen atoms in total. The number of aliphatic hydroxyl groups is 1. The molecule has 5 heteroatoms. The van der Waals surface area contributed by atoms with Gasteiger partial charge in [0.2, 0.25) is 0 Å². The summed E-state index contributed by atoms with van der Waals surface area (Å²) in [6.07, 6.45) is 1.11. The number of carbonyl (C=O) groups is 1. The molecule has 3 unspecified atom stereocenters. The van der Waals surface area contributed by atoms with Crippen LogP contribution in [0.25, 0.3) is 0 Å². The number of hydrogen-bond acceptors (Lipinski definition) is 4. The molecule has 3 N–H and O–H groups in total. The van der Waals surface area contributed by atoms with Gasteiger partial charge in [0.25, 0.3) is 0 Å². The van der Waals surface area contributed by atoms with Gasteiger partial charge >= 0.3 is 5.97 Å². The van der Waals surface area contributed by atoms with Crippen LogP contribution >= 0.6 is 11.8 Å². The van der Waals surface area contributed by atoms with E-state index in [0.29, 0.717) is 13.0 Å². The number of rotatable bonds is 9. The first kappa shape index (κ1) is 16.7. The van der Waals surface area contributed by atoms with Gasteiger partial charge in [-0.05, 0) is 39.0 Å². The molecule has 0 aliphatic heterocycles. The molecule has 0 radical (unpaired) electrons. The molecule has 0 heterocycles. The second-order valence-corrected chi connectivity index (χ2v) is 6.12. The van der Waals surface area contributed by atoms with Crippen molar-refractivity contribution >= 4 is 17.7 Å². The minimum Gasteiger partial charge on any atom is -0.480 e. The lowest BCUT2D eigenvalue weighted by molar-refractivity contribution is -0.144. The minimum absolute atomic E-state index is 0.138. The molecule has 3 atom stereocenters. The number of aliphatic carboxylic acids is 1. The third-order valence-corrected chi connectivity index (χ3v) is 4.26. The van der Waals surface area contributed by atoms with E-state index in [-0.39, 0.29) is 11.4 Å². The third-order valence-electron chi connectivity index (χ3n) is 2.90. The number of hydrogen-bond donors (Lipinski definition) is 3. The van der Waals surface area contributed by atoms with Gasteiger partial charge in [-0.3, -0.25) is 4.79 Å². The van der Waals surface area contributed by atoms with E-state index < -0.39 is 11.5 Å². The fraction of sp³-hybridized carbons (Fsp3) is 0.917. The molecule has 0 saturated carbocycles. The Bertz CT molecular complexity index is 236. The van der Waals surface area contributed by atoms with Crippen LogP contribution in [-0.4, -0.2) is 45.4 Å². The van der Waals surface area contributed by atoms with Crippen molar-refractivity contribution in [1.29, 1.82) is 0 Å². The Morgan fingerprint density at radius 2 is 2.06 bits per heavy atom. The Labute approximate surface area is 108 Å². The highest BCUT2D eigenvalue weighted by Gasteiger charge is 2.31. The molecule has 0 amide bonds. The fourth-order valence-corrected chi connectivity index (χ4v) is 2.44. The minimum atomic E-state index is -0.860. The summed E-state index contributed by atoms with van der Waals surface area (Å²) in [6, 6.07) is 0. The summed E-state index contributed by atoms with van der Waals surface area (Å²) in [6.45, 7) is 8.15. The summed E-state index contributed by atoms with van der Waals surface area (Å²) in [5, 5.41) is 21.8. The molecule has 102 valence electrons. The number of thioether (sulfide) groups is 1. The second kappa shape index (κ2) is 7.95. The highest BCUT2D eigenvalue weighted by molar-refractivity contribution is 7.99. The van der Waals surface area contributed by atoms with E-state index >= 15 is 0 Å². The van der Waals surface area contributed by atoms with Gasteiger partial charge in [0.05, 0.1) is 6.10 Å². The van der Waals surface area contributed by atoms with E-state index in [1.165, 1.54) is 0 Å². The molecule has 17 heavy (non-hydrogen) atoms. The van der Waals surface area contributed by atoms with Crippen molar-refractivity contribution in [2.45, 2.75) is 57.4 Å². The SMILES string of the molecule is CCCNC(C)(CCSC(C)C(C)O)C(=O)O. The maximum Gasteiger partial charge on any atom is 0.323 e. The quantitative estimate of drug-likeness (QED) is 0.591. The van der Waals surface area contributed by atoms with Crippen LogP contribution in [0, 0.1) is 0 Å². The molecule has 0 fully saturated rings. The largest absolute Gasteiger partial charge is 0.480 e. The lowest BCUT2D eigenvalue weighted by atomic mass is 9.99. The molecular formula is C12H25NO3S. The Hall–Kier alpha value is -0.260. The number of nitrogens with one attached hydrogen (secondary N) is 1. The molecule has 0 rings (SSSR count). The van der Waals surface area contributed by atoms with Crippen molar-refractivity contribution in [3.63, 3.8) is 0 Å². The van der Waals surface area contributed by atoms with E-state index in [2.05, 4.69) is 5.32 Å². The fourth-order valence-electron chi connectivity index (χ4n) is 1.26. The van der Waals surface area contributed by atoms with Crippen molar-refractivity contribution in [2.75, 3.05) is 12.3 Å². The van der Waals surface area contributed by atoms with Crippen LogP contribution in [0.4, 0.5) is 0 Å². The molecule has 0 aromatic heterocycles. The van der Waals surface area contributed by atoms with E-state index in [1.54, 1.807) is 25.6 Å². The zero-order valence-electron chi connectivity index (χ0n) is 11.2. The first-order valence-electron chi connectivity index (χ1n) is 6.11. The maximum absolute atomic E-state index is 11.2. The average Bonchev–Trinajstić information content (AvgIpc) is 2.25. The van der Waals surface area contributed by atoms with E-state index in [0.717, 1.165) is 12.2 Å². The monoisotopic (exact) mass is 263 g/mol. The first-order chi connectivity index (χ1) is 7.83. The molecule has 0 bridgehead atoms. The Morgan fingerprint density at radius 1 is 1.47 bits per heavy atom. The summed E-state index contributed by atoms with van der Waals surface area (Å²) in [7, 11) is 0. The van der Waals surface area contributed by atoms with Crippen LogP contribution < -0.4 is 5.32 Å². The van der Waals surface area contributed by atoms with E-state index in [9.17, 15) is 15.0 Å². The van der Waals surface area contributed by atoms with Crippen LogP contribution in [0.5, 0.6) is 0 Å². The van der Waals surface area contributed by atoms with E-state index in [1.807, 2.05) is 13.8 Å². The van der Waals surface area contributed by atoms with Crippen molar-refractivity contribution in [2.24, 2.45) is 0 Å². The molecule has 0 aliphatic rings. The predicted octanol–water partition coefficient (Wildman–Crippen LogP) is 1.72. The molecule has 0 aromatic rings. The van der Waals surface area contributed by atoms with Crippen LogP contribution in [0.3, 0.4) is 0 Å². The summed E-state index contributed by atoms with van der Waals surface area (Å²) in [5.74, 6) is -0.0813. The van der Waals surface area contributed by atoms with Crippen LogP contribution in [0.1, 0.15) is 40.5 Å². The number of aliphatic hydroxyl groups excluding tert-OH is 1. The zero-order chi connectivity index (χ0) is 13.5. The first-order valence-corrected chi connectivity index (χ1v) is 7.16. The number of carboxylic acids is 1. The second-order valence-electron chi connectivity index (χ2n) is 4.63. The summed E-state index contributed by atoms with van der Waals surface area (Å²) in [4.78, 5) is 11.2. The summed E-state index contributed by atoms with van der Waals surface area (Å²) in [5.41, 5.74) is -0.860. The lowest BCUT2D eigenvalue weighted by Gasteiger charge is -2.27. The topological polar surface area (TPSA) is 69.6 Å². The molecule has 0 aromatic carbocycles. The van der Waals surface area contributed by atoms with Crippen molar-refractivity contribution in [3.05, 3.63) is 0 Å². The predicted molar refractivity (Wildman–Crippen MR) is 72.6 cm³/mol. The van der Waals surface area contributed by atoms with Gasteiger partial charge in [-0.15, -0.1) is 0 Å². The Balaban J connectivity index is 4.13. The van der Waals surface area contributed by atoms with Gasteiger partial charge in [0.15, 0.2) is 0 Å². The maximum atomic E-state index is 11.2. The van der Waals surface area contributed by atoms with Crippen molar-refractivity contribution in [3.8, 4) is 0 Å². The molecule has 0 saturated heterocycles. The smallest absolute Gasteiger partial charge is 0.323 e. The average molecular weight is 263 g/mol. The number of carboxylic acid groups (broad SMARTS) is 1. The highest BCUT2D eigenvalue weighted by atomic mass is 32.2. The molecule has 0 aliphatic carbocycles.